The van der Waals surface area contributed by atoms with Gasteiger partial charge in [0.2, 0.25) is 0 Å². The largest absolute Gasteiger partial charge is 0.0380 e. The Morgan fingerprint density at radius 2 is 1.00 bits per heavy atom. The molecule has 0 aromatic rings. The van der Waals surface area contributed by atoms with Gasteiger partial charge in [0.1, 0.15) is 0 Å². The first-order valence-electron chi connectivity index (χ1n) is 0.507. The molecule has 5 heteroatoms. The van der Waals surface area contributed by atoms with Crippen molar-refractivity contribution >= 4 is 86.7 Å². The number of nitrogens with zero attached hydrogens (tertiary/aromatic N) is 1. The van der Waals surface area contributed by atoms with Gasteiger partial charge >= 0.3 is 0 Å². The summed E-state index contributed by atoms with van der Waals surface area (Å²) in [4.78, 5) is 0. The maximum absolute atomic E-state index is 4.64. The van der Waals surface area contributed by atoms with Crippen LogP contribution in [-0.2, 0) is 0 Å². The second-order valence-electron chi connectivity index (χ2n) is 0.192. The quantitative estimate of drug-likeness (QED) is 0.381. The van der Waals surface area contributed by atoms with E-state index in [0.717, 1.165) is 0 Å². The second kappa shape index (κ2) is 6.47. The summed E-state index contributed by atoms with van der Waals surface area (Å²) in [5, 5.41) is 0. The molecule has 27 valence electrons. The molecule has 1 nitrogen and oxygen atoms in total. The van der Waals surface area contributed by atoms with E-state index in [0.29, 0.717) is 3.46 Å². The molecule has 0 aromatic heterocycles. The van der Waals surface area contributed by atoms with Crippen molar-refractivity contribution in [2.75, 3.05) is 0 Å². The van der Waals surface area contributed by atoms with Crippen LogP contribution in [0.2, 0.25) is 0 Å². The molecule has 0 aromatic carbocycles. The van der Waals surface area contributed by atoms with Crippen molar-refractivity contribution in [1.29, 1.82) is 0 Å². The number of rotatable bonds is 0. The molecule has 0 aliphatic rings. The molecule has 5 heavy (non-hydrogen) atoms. The summed E-state index contributed by atoms with van der Waals surface area (Å²) in [6, 6.07) is 0. The van der Waals surface area contributed by atoms with Crippen molar-refractivity contribution in [2.45, 2.75) is 0 Å². The molecule has 0 bridgehead atoms. The van der Waals surface area contributed by atoms with Gasteiger partial charge in [-0.1, -0.05) is 0 Å². The minimum absolute atomic E-state index is 0. The van der Waals surface area contributed by atoms with Gasteiger partial charge in [-0.15, -0.1) is 0 Å². The van der Waals surface area contributed by atoms with E-state index < -0.39 is 0 Å². The molecule has 1 radical (unpaired) electrons. The van der Waals surface area contributed by atoms with E-state index in [4.69, 9.17) is 0 Å². The predicted molar refractivity (Wildman–Crippen MR) is 25.2 cm³/mol. The van der Waals surface area contributed by atoms with Gasteiger partial charge in [-0.25, -0.2) is 0 Å². The summed E-state index contributed by atoms with van der Waals surface area (Å²) < 4.78 is 0.417. The van der Waals surface area contributed by atoms with Crippen molar-refractivity contribution in [3.05, 3.63) is 0 Å². The molecule has 0 fully saturated rings. The van der Waals surface area contributed by atoms with Gasteiger partial charge in [0.15, 0.2) is 0 Å². The van der Waals surface area contributed by atoms with Crippen LogP contribution in [0.3, 0.4) is 0 Å². The molecule has 0 saturated carbocycles. The molecule has 0 spiro atoms. The zero-order chi connectivity index (χ0) is 3.58. The molecule has 0 aliphatic heterocycles. The van der Waals surface area contributed by atoms with E-state index >= 15 is 0 Å². The van der Waals surface area contributed by atoms with Crippen LogP contribution >= 0.6 is 35.3 Å². The van der Waals surface area contributed by atoms with Gasteiger partial charge < -0.3 is 0 Å². The third-order valence-electron chi connectivity index (χ3n) is 0. The number of hydrogen-bond donors (Lipinski definition) is 0. The van der Waals surface area contributed by atoms with Crippen LogP contribution in [0.1, 0.15) is 0 Å². The predicted octanol–water partition coefficient (Wildman–Crippen LogP) is 1.37. The van der Waals surface area contributed by atoms with Crippen LogP contribution in [0.15, 0.2) is 0 Å². The van der Waals surface area contributed by atoms with Gasteiger partial charge in [-0.05, 0) is 3.46 Å². The Hall–Kier alpha value is 2.47. The molecule has 0 atom stereocenters. The van der Waals surface area contributed by atoms with Crippen LogP contribution in [0.4, 0.5) is 0 Å². The monoisotopic (exact) mass is 158 g/mol. The standard InChI is InChI=1S/Cl3N.K/c1-4(2)3;. The van der Waals surface area contributed by atoms with E-state index in [9.17, 15) is 0 Å². The van der Waals surface area contributed by atoms with Gasteiger partial charge in [0.05, 0.1) is 0 Å². The van der Waals surface area contributed by atoms with E-state index in [1.54, 1.807) is 0 Å². The maximum Gasteiger partial charge on any atom is 0.0127 e. The molecule has 0 heterocycles. The first-order valence-corrected chi connectivity index (χ1v) is 1.52. The smallest absolute Gasteiger partial charge is 0.0127 e. The molecular formula is Cl3KN. The molecule has 0 unspecified atom stereocenters. The third-order valence-corrected chi connectivity index (χ3v) is 0. The zero-order valence-electron chi connectivity index (χ0n) is 2.58. The fourth-order valence-corrected chi connectivity index (χ4v) is 0. The van der Waals surface area contributed by atoms with Crippen molar-refractivity contribution < 1.29 is 0 Å². The van der Waals surface area contributed by atoms with E-state index in [-0.39, 0.29) is 51.4 Å². The topological polar surface area (TPSA) is 3.24 Å². The Morgan fingerprint density at radius 3 is 1.00 bits per heavy atom. The van der Waals surface area contributed by atoms with Crippen LogP contribution in [0.5, 0.6) is 0 Å². The van der Waals surface area contributed by atoms with Gasteiger partial charge in [-0.3, -0.25) is 0 Å². The van der Waals surface area contributed by atoms with Crippen LogP contribution in [0, 0.1) is 0 Å². The molecule has 0 saturated heterocycles. The molecular weight excluding hydrogens is 159 g/mol. The fourth-order valence-electron chi connectivity index (χ4n) is 0. The zero-order valence-corrected chi connectivity index (χ0v) is 7.97. The second-order valence-corrected chi connectivity index (χ2v) is 1.72. The van der Waals surface area contributed by atoms with Crippen molar-refractivity contribution in [3.8, 4) is 0 Å². The summed E-state index contributed by atoms with van der Waals surface area (Å²) in [5.74, 6) is 0. The van der Waals surface area contributed by atoms with Crippen LogP contribution in [0.25, 0.3) is 0 Å². The first kappa shape index (κ1) is 10.4. The Morgan fingerprint density at radius 1 is 1.00 bits per heavy atom. The number of halogens is 3. The average Bonchev–Trinajstić information content (AvgIpc) is 0.811. The van der Waals surface area contributed by atoms with E-state index in [2.05, 4.69) is 35.3 Å². The molecule has 0 aliphatic carbocycles. The SMILES string of the molecule is ClN(Cl)Cl.[K]. The Bertz CT molecular complexity index is 11.6. The Balaban J connectivity index is 0. The maximum atomic E-state index is 4.64. The van der Waals surface area contributed by atoms with Crippen molar-refractivity contribution in [1.82, 2.24) is 3.46 Å². The summed E-state index contributed by atoms with van der Waals surface area (Å²) in [6.07, 6.45) is 0. The summed E-state index contributed by atoms with van der Waals surface area (Å²) in [7, 11) is 0. The van der Waals surface area contributed by atoms with Crippen LogP contribution < -0.4 is 0 Å². The summed E-state index contributed by atoms with van der Waals surface area (Å²) >= 11 is 13.9. The van der Waals surface area contributed by atoms with Crippen molar-refractivity contribution in [3.63, 3.8) is 0 Å². The average molecular weight is 159 g/mol. The number of hydrogen-bond acceptors (Lipinski definition) is 1. The Labute approximate surface area is 88.3 Å². The van der Waals surface area contributed by atoms with E-state index in [1.807, 2.05) is 0 Å². The molecule has 0 rings (SSSR count). The Kier molecular flexibility index (Phi) is 13.5. The molecule has 0 amide bonds. The van der Waals surface area contributed by atoms with Crippen LogP contribution in [-0.4, -0.2) is 54.8 Å². The minimum atomic E-state index is 0. The van der Waals surface area contributed by atoms with E-state index in [1.165, 1.54) is 0 Å². The first-order chi connectivity index (χ1) is 1.73. The summed E-state index contributed by atoms with van der Waals surface area (Å²) in [6.45, 7) is 0. The van der Waals surface area contributed by atoms with Crippen molar-refractivity contribution in [2.24, 2.45) is 0 Å². The normalized spacial score (nSPS) is 7.20. The fraction of sp³-hybridized carbons (Fsp3) is 0. The van der Waals surface area contributed by atoms with Gasteiger partial charge in [0.25, 0.3) is 0 Å². The minimum Gasteiger partial charge on any atom is -0.0380 e. The van der Waals surface area contributed by atoms with Gasteiger partial charge in [0, 0.05) is 86.7 Å². The third kappa shape index (κ3) is 21.2. The summed E-state index contributed by atoms with van der Waals surface area (Å²) in [5.41, 5.74) is 0. The van der Waals surface area contributed by atoms with Gasteiger partial charge in [-0.2, -0.15) is 0 Å². The molecule has 0 N–H and O–H groups in total.